The second-order valence-corrected chi connectivity index (χ2v) is 5.84. The van der Waals surface area contributed by atoms with Crippen molar-refractivity contribution in [3.63, 3.8) is 0 Å². The predicted molar refractivity (Wildman–Crippen MR) is 83.7 cm³/mol. The SMILES string of the molecule is CC(c1ccccc1)C(O)Cc1ccc(I)cc1. The Labute approximate surface area is 122 Å². The Morgan fingerprint density at radius 2 is 1.61 bits per heavy atom. The minimum absolute atomic E-state index is 0.158. The van der Waals surface area contributed by atoms with E-state index < -0.39 is 0 Å². The molecular weight excluding hydrogens is 335 g/mol. The second kappa shape index (κ2) is 6.34. The van der Waals surface area contributed by atoms with Gasteiger partial charge in [-0.3, -0.25) is 0 Å². The van der Waals surface area contributed by atoms with E-state index in [9.17, 15) is 5.11 Å². The number of benzene rings is 2. The van der Waals surface area contributed by atoms with E-state index in [2.05, 4.69) is 65.9 Å². The van der Waals surface area contributed by atoms with Crippen molar-refractivity contribution < 1.29 is 5.11 Å². The van der Waals surface area contributed by atoms with Crippen LogP contribution in [0, 0.1) is 3.57 Å². The predicted octanol–water partition coefficient (Wildman–Crippen LogP) is 4.00. The third kappa shape index (κ3) is 3.56. The minimum atomic E-state index is -0.340. The largest absolute Gasteiger partial charge is 0.392 e. The van der Waals surface area contributed by atoms with Crippen molar-refractivity contribution >= 4 is 22.6 Å². The van der Waals surface area contributed by atoms with Crippen LogP contribution in [0.4, 0.5) is 0 Å². The molecule has 0 spiro atoms. The lowest BCUT2D eigenvalue weighted by Crippen LogP contribution is -2.18. The number of halogens is 1. The van der Waals surface area contributed by atoms with Crippen molar-refractivity contribution in [2.45, 2.75) is 25.4 Å². The number of aliphatic hydroxyl groups is 1. The van der Waals surface area contributed by atoms with Gasteiger partial charge in [-0.25, -0.2) is 0 Å². The molecule has 18 heavy (non-hydrogen) atoms. The van der Waals surface area contributed by atoms with Gasteiger partial charge in [0.1, 0.15) is 0 Å². The van der Waals surface area contributed by atoms with Gasteiger partial charge in [-0.2, -0.15) is 0 Å². The van der Waals surface area contributed by atoms with E-state index >= 15 is 0 Å². The summed E-state index contributed by atoms with van der Waals surface area (Å²) in [5.74, 6) is 0.158. The number of rotatable bonds is 4. The lowest BCUT2D eigenvalue weighted by Gasteiger charge is -2.19. The molecule has 1 N–H and O–H groups in total. The smallest absolute Gasteiger partial charge is 0.0646 e. The molecule has 1 nitrogen and oxygen atoms in total. The normalized spacial score (nSPS) is 14.2. The molecule has 2 rings (SSSR count). The summed E-state index contributed by atoms with van der Waals surface area (Å²) >= 11 is 2.29. The van der Waals surface area contributed by atoms with Crippen LogP contribution in [0.2, 0.25) is 0 Å². The summed E-state index contributed by atoms with van der Waals surface area (Å²) in [6.45, 7) is 2.08. The van der Waals surface area contributed by atoms with Crippen LogP contribution in [0.3, 0.4) is 0 Å². The zero-order valence-corrected chi connectivity index (χ0v) is 12.5. The Kier molecular flexibility index (Phi) is 4.78. The van der Waals surface area contributed by atoms with E-state index in [4.69, 9.17) is 0 Å². The number of aliphatic hydroxyl groups excluding tert-OH is 1. The van der Waals surface area contributed by atoms with E-state index in [1.54, 1.807) is 0 Å². The first-order valence-corrected chi connectivity index (χ1v) is 7.22. The van der Waals surface area contributed by atoms with Gasteiger partial charge in [-0.15, -0.1) is 0 Å². The lowest BCUT2D eigenvalue weighted by atomic mass is 9.91. The van der Waals surface area contributed by atoms with E-state index in [0.29, 0.717) is 6.42 Å². The average molecular weight is 352 g/mol. The van der Waals surface area contributed by atoms with Gasteiger partial charge >= 0.3 is 0 Å². The summed E-state index contributed by atoms with van der Waals surface area (Å²) in [6, 6.07) is 18.5. The quantitative estimate of drug-likeness (QED) is 0.825. The van der Waals surface area contributed by atoms with E-state index in [1.165, 1.54) is 14.7 Å². The van der Waals surface area contributed by atoms with Gasteiger partial charge < -0.3 is 5.11 Å². The van der Waals surface area contributed by atoms with Crippen LogP contribution in [-0.2, 0) is 6.42 Å². The van der Waals surface area contributed by atoms with Crippen molar-refractivity contribution in [3.05, 3.63) is 69.3 Å². The minimum Gasteiger partial charge on any atom is -0.392 e. The first-order chi connectivity index (χ1) is 8.66. The highest BCUT2D eigenvalue weighted by Gasteiger charge is 2.16. The van der Waals surface area contributed by atoms with Crippen molar-refractivity contribution in [2.75, 3.05) is 0 Å². The molecule has 2 heteroatoms. The van der Waals surface area contributed by atoms with Crippen LogP contribution in [0.1, 0.15) is 24.0 Å². The summed E-state index contributed by atoms with van der Waals surface area (Å²) in [7, 11) is 0. The summed E-state index contributed by atoms with van der Waals surface area (Å²) in [4.78, 5) is 0. The Morgan fingerprint density at radius 3 is 2.22 bits per heavy atom. The van der Waals surface area contributed by atoms with E-state index in [1.807, 2.05) is 18.2 Å². The second-order valence-electron chi connectivity index (χ2n) is 4.60. The van der Waals surface area contributed by atoms with Crippen molar-refractivity contribution in [1.29, 1.82) is 0 Å². The maximum atomic E-state index is 10.3. The van der Waals surface area contributed by atoms with Crippen LogP contribution in [0.5, 0.6) is 0 Å². The molecule has 0 amide bonds. The van der Waals surface area contributed by atoms with E-state index in [0.717, 1.165) is 0 Å². The zero-order valence-electron chi connectivity index (χ0n) is 10.4. The van der Waals surface area contributed by atoms with Gasteiger partial charge in [0.25, 0.3) is 0 Å². The first-order valence-electron chi connectivity index (χ1n) is 6.14. The molecule has 0 fully saturated rings. The Bertz CT molecular complexity index is 478. The molecule has 0 aromatic heterocycles. The molecule has 0 aliphatic heterocycles. The van der Waals surface area contributed by atoms with Crippen molar-refractivity contribution in [1.82, 2.24) is 0 Å². The number of hydrogen-bond acceptors (Lipinski definition) is 1. The van der Waals surface area contributed by atoms with Gasteiger partial charge in [-0.05, 0) is 52.3 Å². The maximum absolute atomic E-state index is 10.3. The van der Waals surface area contributed by atoms with E-state index in [-0.39, 0.29) is 12.0 Å². The molecule has 0 radical (unpaired) electrons. The molecular formula is C16H17IO. The van der Waals surface area contributed by atoms with Crippen LogP contribution >= 0.6 is 22.6 Å². The third-order valence-corrected chi connectivity index (χ3v) is 3.98. The van der Waals surface area contributed by atoms with Crippen LogP contribution in [-0.4, -0.2) is 11.2 Å². The third-order valence-electron chi connectivity index (χ3n) is 3.26. The average Bonchev–Trinajstić information content (AvgIpc) is 2.41. The maximum Gasteiger partial charge on any atom is 0.0646 e. The topological polar surface area (TPSA) is 20.2 Å². The van der Waals surface area contributed by atoms with Gasteiger partial charge in [0.15, 0.2) is 0 Å². The summed E-state index contributed by atoms with van der Waals surface area (Å²) in [6.07, 6.45) is 0.361. The molecule has 0 saturated carbocycles. The molecule has 2 atom stereocenters. The molecule has 0 saturated heterocycles. The highest BCUT2D eigenvalue weighted by molar-refractivity contribution is 14.1. The fraction of sp³-hybridized carbons (Fsp3) is 0.250. The van der Waals surface area contributed by atoms with Gasteiger partial charge in [0.05, 0.1) is 6.10 Å². The van der Waals surface area contributed by atoms with Gasteiger partial charge in [0.2, 0.25) is 0 Å². The number of hydrogen-bond donors (Lipinski definition) is 1. The summed E-state index contributed by atoms with van der Waals surface area (Å²) in [5.41, 5.74) is 2.38. The Hall–Kier alpha value is -0.870. The highest BCUT2D eigenvalue weighted by atomic mass is 127. The molecule has 0 aliphatic carbocycles. The van der Waals surface area contributed by atoms with Crippen LogP contribution in [0.25, 0.3) is 0 Å². The van der Waals surface area contributed by atoms with Gasteiger partial charge in [-0.1, -0.05) is 49.4 Å². The van der Waals surface area contributed by atoms with Crippen LogP contribution in [0.15, 0.2) is 54.6 Å². The molecule has 2 aromatic rings. The molecule has 0 heterocycles. The first kappa shape index (κ1) is 13.6. The lowest BCUT2D eigenvalue weighted by molar-refractivity contribution is 0.149. The summed E-state index contributed by atoms with van der Waals surface area (Å²) in [5, 5.41) is 10.3. The fourth-order valence-electron chi connectivity index (χ4n) is 2.02. The molecule has 94 valence electrons. The standard InChI is InChI=1S/C16H17IO/c1-12(14-5-3-2-4-6-14)16(18)11-13-7-9-15(17)10-8-13/h2-10,12,16,18H,11H2,1H3. The molecule has 0 aliphatic rings. The Morgan fingerprint density at radius 1 is 1.00 bits per heavy atom. The van der Waals surface area contributed by atoms with Crippen LogP contribution < -0.4 is 0 Å². The van der Waals surface area contributed by atoms with Gasteiger partial charge in [0, 0.05) is 9.49 Å². The zero-order chi connectivity index (χ0) is 13.0. The Balaban J connectivity index is 2.03. The summed E-state index contributed by atoms with van der Waals surface area (Å²) < 4.78 is 1.22. The molecule has 0 bridgehead atoms. The molecule has 2 aromatic carbocycles. The van der Waals surface area contributed by atoms with Crippen molar-refractivity contribution in [3.8, 4) is 0 Å². The fourth-order valence-corrected chi connectivity index (χ4v) is 2.38. The highest BCUT2D eigenvalue weighted by Crippen LogP contribution is 2.21. The molecule has 2 unspecified atom stereocenters. The van der Waals surface area contributed by atoms with Crippen molar-refractivity contribution in [2.24, 2.45) is 0 Å². The monoisotopic (exact) mass is 352 g/mol.